The number of nitrogens with zero attached hydrogens (tertiary/aromatic N) is 1. The molecule has 1 aromatic heterocycles. The molecular formula is C22H23N3OS. The van der Waals surface area contributed by atoms with Crippen LogP contribution in [0, 0.1) is 0 Å². The van der Waals surface area contributed by atoms with E-state index in [0.717, 1.165) is 42.1 Å². The minimum atomic E-state index is 0.0289. The number of hydrogen-bond acceptors (Lipinski definition) is 4. The van der Waals surface area contributed by atoms with E-state index in [1.54, 1.807) is 11.3 Å². The molecule has 3 N–H and O–H groups in total. The van der Waals surface area contributed by atoms with Crippen molar-refractivity contribution < 1.29 is 4.79 Å². The van der Waals surface area contributed by atoms with E-state index < -0.39 is 0 Å². The highest BCUT2D eigenvalue weighted by molar-refractivity contribution is 7.09. The first-order chi connectivity index (χ1) is 13.2. The zero-order chi connectivity index (χ0) is 18.6. The van der Waals surface area contributed by atoms with Crippen molar-refractivity contribution in [1.82, 2.24) is 10.3 Å². The van der Waals surface area contributed by atoms with E-state index >= 15 is 0 Å². The molecule has 1 aliphatic carbocycles. The maximum atomic E-state index is 12.6. The Hall–Kier alpha value is -2.66. The van der Waals surface area contributed by atoms with Gasteiger partial charge < -0.3 is 11.1 Å². The number of anilines is 1. The summed E-state index contributed by atoms with van der Waals surface area (Å²) in [5, 5.41) is 6.22. The van der Waals surface area contributed by atoms with Gasteiger partial charge in [-0.3, -0.25) is 4.79 Å². The van der Waals surface area contributed by atoms with Crippen molar-refractivity contribution >= 4 is 22.9 Å². The van der Waals surface area contributed by atoms with Gasteiger partial charge in [-0.15, -0.1) is 11.3 Å². The van der Waals surface area contributed by atoms with Crippen LogP contribution in [0.3, 0.4) is 0 Å². The number of fused-ring (bicyclic) bond motifs is 1. The fourth-order valence-corrected chi connectivity index (χ4v) is 4.50. The standard InChI is InChI=1S/C22H23N3OS/c23-17-9-10-19-16(12-17)7-4-8-20(19)25-21(26)13-18-14-27-22(24-18)11-15-5-2-1-3-6-15/h1-3,5-6,9-10,12,14,20H,4,7-8,11,13,23H2,(H,25,26). The topological polar surface area (TPSA) is 68.0 Å². The van der Waals surface area contributed by atoms with Crippen molar-refractivity contribution in [2.24, 2.45) is 0 Å². The monoisotopic (exact) mass is 377 g/mol. The van der Waals surface area contributed by atoms with Crippen LogP contribution < -0.4 is 11.1 Å². The van der Waals surface area contributed by atoms with E-state index in [0.29, 0.717) is 6.42 Å². The smallest absolute Gasteiger partial charge is 0.226 e. The lowest BCUT2D eigenvalue weighted by Gasteiger charge is -2.26. The molecular weight excluding hydrogens is 354 g/mol. The van der Waals surface area contributed by atoms with Crippen LogP contribution in [0.4, 0.5) is 5.69 Å². The lowest BCUT2D eigenvalue weighted by atomic mass is 9.87. The van der Waals surface area contributed by atoms with Gasteiger partial charge in [-0.2, -0.15) is 0 Å². The third-order valence-corrected chi connectivity index (χ3v) is 5.85. The largest absolute Gasteiger partial charge is 0.399 e. The summed E-state index contributed by atoms with van der Waals surface area (Å²) in [7, 11) is 0. The molecule has 138 valence electrons. The fraction of sp³-hybridized carbons (Fsp3) is 0.273. The van der Waals surface area contributed by atoms with Gasteiger partial charge in [0.05, 0.1) is 23.2 Å². The summed E-state index contributed by atoms with van der Waals surface area (Å²) >= 11 is 1.62. The Morgan fingerprint density at radius 1 is 1.22 bits per heavy atom. The Labute approximate surface area is 163 Å². The number of carbonyl (C=O) groups is 1. The van der Waals surface area contributed by atoms with Crippen LogP contribution in [0.1, 0.15) is 46.3 Å². The molecule has 3 aromatic rings. The second-order valence-corrected chi connectivity index (χ2v) is 7.98. The van der Waals surface area contributed by atoms with Crippen LogP contribution in [-0.4, -0.2) is 10.9 Å². The molecule has 2 aromatic carbocycles. The number of nitrogens with one attached hydrogen (secondary N) is 1. The summed E-state index contributed by atoms with van der Waals surface area (Å²) < 4.78 is 0. The van der Waals surface area contributed by atoms with Gasteiger partial charge in [0, 0.05) is 17.5 Å². The molecule has 1 unspecified atom stereocenters. The van der Waals surface area contributed by atoms with Crippen LogP contribution in [0.25, 0.3) is 0 Å². The number of aryl methyl sites for hydroxylation is 1. The summed E-state index contributed by atoms with van der Waals surface area (Å²) in [5.74, 6) is 0.0289. The molecule has 0 radical (unpaired) electrons. The van der Waals surface area contributed by atoms with E-state index in [4.69, 9.17) is 5.73 Å². The molecule has 0 saturated carbocycles. The lowest BCUT2D eigenvalue weighted by molar-refractivity contribution is -0.121. The minimum Gasteiger partial charge on any atom is -0.399 e. The van der Waals surface area contributed by atoms with Gasteiger partial charge in [0.15, 0.2) is 0 Å². The Morgan fingerprint density at radius 3 is 2.93 bits per heavy atom. The fourth-order valence-electron chi connectivity index (χ4n) is 3.68. The van der Waals surface area contributed by atoms with Gasteiger partial charge in [-0.25, -0.2) is 4.98 Å². The Balaban J connectivity index is 1.38. The first-order valence-corrected chi connectivity index (χ1v) is 10.2. The third-order valence-electron chi connectivity index (χ3n) is 4.96. The number of rotatable bonds is 5. The molecule has 1 heterocycles. The second-order valence-electron chi connectivity index (χ2n) is 7.04. The lowest BCUT2D eigenvalue weighted by Crippen LogP contribution is -2.32. The highest BCUT2D eigenvalue weighted by atomic mass is 32.1. The van der Waals surface area contributed by atoms with Crippen LogP contribution >= 0.6 is 11.3 Å². The molecule has 1 amide bonds. The highest BCUT2D eigenvalue weighted by Gasteiger charge is 2.22. The Kier molecular flexibility index (Phi) is 5.21. The van der Waals surface area contributed by atoms with Crippen molar-refractivity contribution in [2.45, 2.75) is 38.1 Å². The molecule has 0 bridgehead atoms. The molecule has 0 spiro atoms. The zero-order valence-electron chi connectivity index (χ0n) is 15.2. The predicted molar refractivity (Wildman–Crippen MR) is 110 cm³/mol. The van der Waals surface area contributed by atoms with Crippen LogP contribution in [0.5, 0.6) is 0 Å². The summed E-state index contributed by atoms with van der Waals surface area (Å²) in [6.07, 6.45) is 4.20. The molecule has 4 rings (SSSR count). The summed E-state index contributed by atoms with van der Waals surface area (Å²) in [4.78, 5) is 17.2. The van der Waals surface area contributed by atoms with Crippen molar-refractivity contribution in [3.05, 3.63) is 81.3 Å². The maximum Gasteiger partial charge on any atom is 0.226 e. The summed E-state index contributed by atoms with van der Waals surface area (Å²) in [6, 6.07) is 16.4. The first-order valence-electron chi connectivity index (χ1n) is 9.32. The Bertz CT molecular complexity index is 936. The van der Waals surface area contributed by atoms with Gasteiger partial charge in [0.2, 0.25) is 5.91 Å². The van der Waals surface area contributed by atoms with Crippen molar-refractivity contribution in [3.63, 3.8) is 0 Å². The van der Waals surface area contributed by atoms with Crippen molar-refractivity contribution in [3.8, 4) is 0 Å². The van der Waals surface area contributed by atoms with Crippen LogP contribution in [0.15, 0.2) is 53.9 Å². The van der Waals surface area contributed by atoms with Crippen molar-refractivity contribution in [2.75, 3.05) is 5.73 Å². The number of amides is 1. The van der Waals surface area contributed by atoms with Gasteiger partial charge in [-0.05, 0) is 48.1 Å². The average Bonchev–Trinajstić information content (AvgIpc) is 3.09. The molecule has 27 heavy (non-hydrogen) atoms. The Morgan fingerprint density at radius 2 is 2.07 bits per heavy atom. The normalized spacial score (nSPS) is 15.9. The first kappa shape index (κ1) is 17.7. The van der Waals surface area contributed by atoms with E-state index in [1.165, 1.54) is 16.7 Å². The number of benzene rings is 2. The van der Waals surface area contributed by atoms with Gasteiger partial charge >= 0.3 is 0 Å². The molecule has 5 heteroatoms. The van der Waals surface area contributed by atoms with E-state index in [-0.39, 0.29) is 11.9 Å². The van der Waals surface area contributed by atoms with E-state index in [1.807, 2.05) is 35.7 Å². The zero-order valence-corrected chi connectivity index (χ0v) is 16.0. The van der Waals surface area contributed by atoms with Gasteiger partial charge in [-0.1, -0.05) is 36.4 Å². The van der Waals surface area contributed by atoms with Gasteiger partial charge in [0.25, 0.3) is 0 Å². The highest BCUT2D eigenvalue weighted by Crippen LogP contribution is 2.31. The van der Waals surface area contributed by atoms with Crippen molar-refractivity contribution in [1.29, 1.82) is 0 Å². The number of nitrogen functional groups attached to an aromatic ring is 1. The molecule has 0 aliphatic heterocycles. The average molecular weight is 378 g/mol. The number of aromatic nitrogens is 1. The predicted octanol–water partition coefficient (Wildman–Crippen LogP) is 4.05. The summed E-state index contributed by atoms with van der Waals surface area (Å²) in [6.45, 7) is 0. The SMILES string of the molecule is Nc1ccc2c(c1)CCCC2NC(=O)Cc1csc(Cc2ccccc2)n1. The minimum absolute atomic E-state index is 0.0289. The third kappa shape index (κ3) is 4.37. The number of nitrogens with two attached hydrogens (primary N) is 1. The molecule has 1 aliphatic rings. The molecule has 1 atom stereocenters. The molecule has 0 saturated heterocycles. The van der Waals surface area contributed by atoms with E-state index in [9.17, 15) is 4.79 Å². The van der Waals surface area contributed by atoms with E-state index in [2.05, 4.69) is 28.5 Å². The number of thiazole rings is 1. The number of carbonyl (C=O) groups excluding carboxylic acids is 1. The number of hydrogen-bond donors (Lipinski definition) is 2. The quantitative estimate of drug-likeness (QED) is 0.659. The van der Waals surface area contributed by atoms with Gasteiger partial charge in [0.1, 0.15) is 0 Å². The summed E-state index contributed by atoms with van der Waals surface area (Å²) in [5.41, 5.74) is 11.2. The van der Waals surface area contributed by atoms with Crippen LogP contribution in [-0.2, 0) is 24.1 Å². The maximum absolute atomic E-state index is 12.6. The molecule has 4 nitrogen and oxygen atoms in total. The second kappa shape index (κ2) is 7.92. The van der Waals surface area contributed by atoms with Crippen LogP contribution in [0.2, 0.25) is 0 Å². The molecule has 0 fully saturated rings.